The van der Waals surface area contributed by atoms with Crippen molar-refractivity contribution in [1.29, 1.82) is 0 Å². The van der Waals surface area contributed by atoms with Crippen molar-refractivity contribution in [2.45, 2.75) is 6.42 Å². The van der Waals surface area contributed by atoms with Crippen LogP contribution in [0.3, 0.4) is 0 Å². The van der Waals surface area contributed by atoms with Crippen LogP contribution in [-0.2, 0) is 0 Å². The molecule has 0 heterocycles. The van der Waals surface area contributed by atoms with Crippen molar-refractivity contribution in [2.75, 3.05) is 11.9 Å². The number of carboxylic acid groups (broad SMARTS) is 1. The zero-order valence-corrected chi connectivity index (χ0v) is 15.7. The Kier molecular flexibility index (Phi) is 6.79. The first-order chi connectivity index (χ1) is 14.2. The summed E-state index contributed by atoms with van der Waals surface area (Å²) in [7, 11) is 0. The van der Waals surface area contributed by atoms with Crippen LogP contribution in [-0.4, -0.2) is 24.1 Å². The van der Waals surface area contributed by atoms with E-state index in [0.717, 1.165) is 23.0 Å². The number of hydrogen-bond donors (Lipinski definition) is 2. The van der Waals surface area contributed by atoms with Crippen LogP contribution in [0.15, 0.2) is 78.9 Å². The second-order valence-electron chi connectivity index (χ2n) is 6.33. The van der Waals surface area contributed by atoms with Crippen LogP contribution in [0.5, 0.6) is 5.75 Å². The van der Waals surface area contributed by atoms with Gasteiger partial charge in [-0.1, -0.05) is 66.7 Å². The summed E-state index contributed by atoms with van der Waals surface area (Å²) in [6.45, 7) is 0.473. The third kappa shape index (κ3) is 5.81. The third-order valence-electron chi connectivity index (χ3n) is 4.23. The Morgan fingerprint density at radius 3 is 2.55 bits per heavy atom. The number of nitrogens with one attached hydrogen (secondary N) is 1. The molecule has 5 nitrogen and oxygen atoms in total. The fourth-order valence-corrected chi connectivity index (χ4v) is 2.90. The van der Waals surface area contributed by atoms with E-state index < -0.39 is 6.09 Å². The summed E-state index contributed by atoms with van der Waals surface area (Å²) < 4.78 is 5.64. The number of amides is 1. The lowest BCUT2D eigenvalue weighted by Gasteiger charge is -2.11. The van der Waals surface area contributed by atoms with E-state index in [2.05, 4.69) is 5.32 Å². The molecule has 0 aliphatic carbocycles. The maximum atomic E-state index is 11.2. The standard InChI is InChI=1S/C24H21NO4/c26-17-19-8-6-11-21(15-19)29-14-5-4-7-18-12-13-22(20-9-2-1-3-10-20)23(16-18)25-24(27)28/h1-4,6-13,15-17,25H,5,14H2,(H,27,28)/b7-4+. The predicted molar refractivity (Wildman–Crippen MR) is 115 cm³/mol. The Bertz CT molecular complexity index is 1010. The summed E-state index contributed by atoms with van der Waals surface area (Å²) in [4.78, 5) is 22.0. The van der Waals surface area contributed by atoms with Crippen LogP contribution >= 0.6 is 0 Å². The topological polar surface area (TPSA) is 75.6 Å². The van der Waals surface area contributed by atoms with Crippen LogP contribution in [0.25, 0.3) is 17.2 Å². The Labute approximate surface area is 169 Å². The van der Waals surface area contributed by atoms with Crippen LogP contribution < -0.4 is 10.1 Å². The number of hydrogen-bond acceptors (Lipinski definition) is 3. The monoisotopic (exact) mass is 387 g/mol. The quantitative estimate of drug-likeness (QED) is 0.382. The van der Waals surface area contributed by atoms with Gasteiger partial charge in [-0.3, -0.25) is 10.1 Å². The van der Waals surface area contributed by atoms with E-state index in [4.69, 9.17) is 9.84 Å². The van der Waals surface area contributed by atoms with Gasteiger partial charge >= 0.3 is 6.09 Å². The average Bonchev–Trinajstić information content (AvgIpc) is 2.74. The van der Waals surface area contributed by atoms with Crippen molar-refractivity contribution in [1.82, 2.24) is 0 Å². The van der Waals surface area contributed by atoms with Gasteiger partial charge in [-0.2, -0.15) is 0 Å². The number of benzene rings is 3. The summed E-state index contributed by atoms with van der Waals surface area (Å²) in [5.41, 5.74) is 3.76. The summed E-state index contributed by atoms with van der Waals surface area (Å²) in [5, 5.41) is 11.6. The molecule has 29 heavy (non-hydrogen) atoms. The van der Waals surface area contributed by atoms with E-state index in [-0.39, 0.29) is 0 Å². The number of carbonyl (C=O) groups excluding carboxylic acids is 1. The molecule has 0 saturated carbocycles. The van der Waals surface area contributed by atoms with E-state index in [9.17, 15) is 9.59 Å². The number of aldehydes is 1. The van der Waals surface area contributed by atoms with Gasteiger partial charge < -0.3 is 9.84 Å². The molecule has 0 aromatic heterocycles. The van der Waals surface area contributed by atoms with Crippen molar-refractivity contribution in [3.05, 3.63) is 90.0 Å². The number of rotatable bonds is 8. The highest BCUT2D eigenvalue weighted by molar-refractivity contribution is 5.91. The fraction of sp³-hybridized carbons (Fsp3) is 0.0833. The van der Waals surface area contributed by atoms with Crippen molar-refractivity contribution >= 4 is 24.1 Å². The van der Waals surface area contributed by atoms with Gasteiger partial charge in [0, 0.05) is 11.1 Å². The normalized spacial score (nSPS) is 10.6. The van der Waals surface area contributed by atoms with E-state index in [1.54, 1.807) is 24.3 Å². The molecule has 0 saturated heterocycles. The van der Waals surface area contributed by atoms with Gasteiger partial charge in [0.05, 0.1) is 12.3 Å². The number of carbonyl (C=O) groups is 2. The molecule has 0 unspecified atom stereocenters. The first kappa shape index (κ1) is 19.9. The highest BCUT2D eigenvalue weighted by atomic mass is 16.5. The molecule has 0 atom stereocenters. The van der Waals surface area contributed by atoms with Crippen molar-refractivity contribution in [3.63, 3.8) is 0 Å². The van der Waals surface area contributed by atoms with Gasteiger partial charge in [-0.05, 0) is 35.7 Å². The number of anilines is 1. The van der Waals surface area contributed by atoms with Gasteiger partial charge in [0.15, 0.2) is 0 Å². The van der Waals surface area contributed by atoms with Crippen molar-refractivity contribution in [2.24, 2.45) is 0 Å². The molecule has 0 aliphatic heterocycles. The Hall–Kier alpha value is -3.86. The molecule has 0 radical (unpaired) electrons. The SMILES string of the molecule is O=Cc1cccc(OCC/C=C/c2ccc(-c3ccccc3)c(NC(=O)O)c2)c1. The van der Waals surface area contributed by atoms with Crippen LogP contribution in [0.4, 0.5) is 10.5 Å². The third-order valence-corrected chi connectivity index (χ3v) is 4.23. The Morgan fingerprint density at radius 1 is 0.966 bits per heavy atom. The van der Waals surface area contributed by atoms with E-state index in [1.807, 2.05) is 60.7 Å². The Balaban J connectivity index is 1.65. The molecule has 1 amide bonds. The largest absolute Gasteiger partial charge is 0.493 e. The first-order valence-corrected chi connectivity index (χ1v) is 9.20. The highest BCUT2D eigenvalue weighted by Gasteiger charge is 2.08. The summed E-state index contributed by atoms with van der Waals surface area (Å²) in [5.74, 6) is 0.656. The minimum Gasteiger partial charge on any atom is -0.493 e. The smallest absolute Gasteiger partial charge is 0.409 e. The van der Waals surface area contributed by atoms with E-state index >= 15 is 0 Å². The molecule has 146 valence electrons. The zero-order valence-electron chi connectivity index (χ0n) is 15.7. The number of ether oxygens (including phenoxy) is 1. The molecule has 2 N–H and O–H groups in total. The summed E-state index contributed by atoms with van der Waals surface area (Å²) in [6, 6.07) is 22.3. The summed E-state index contributed by atoms with van der Waals surface area (Å²) in [6.07, 6.45) is 4.25. The van der Waals surface area contributed by atoms with Crippen LogP contribution in [0, 0.1) is 0 Å². The molecule has 0 spiro atoms. The lowest BCUT2D eigenvalue weighted by molar-refractivity contribution is 0.112. The molecule has 0 fully saturated rings. The zero-order chi connectivity index (χ0) is 20.5. The van der Waals surface area contributed by atoms with Crippen LogP contribution in [0.1, 0.15) is 22.3 Å². The van der Waals surface area contributed by atoms with Gasteiger partial charge in [-0.25, -0.2) is 4.79 Å². The fourth-order valence-electron chi connectivity index (χ4n) is 2.90. The lowest BCUT2D eigenvalue weighted by atomic mass is 10.0. The minimum atomic E-state index is -1.10. The molecule has 3 aromatic carbocycles. The molecule has 0 bridgehead atoms. The molecule has 0 aliphatic rings. The van der Waals surface area contributed by atoms with E-state index in [1.165, 1.54) is 0 Å². The van der Waals surface area contributed by atoms with Crippen molar-refractivity contribution < 1.29 is 19.4 Å². The summed E-state index contributed by atoms with van der Waals surface area (Å²) >= 11 is 0. The van der Waals surface area contributed by atoms with Crippen molar-refractivity contribution in [3.8, 4) is 16.9 Å². The molecular weight excluding hydrogens is 366 g/mol. The Morgan fingerprint density at radius 2 is 1.79 bits per heavy atom. The molecule has 3 rings (SSSR count). The van der Waals surface area contributed by atoms with Gasteiger partial charge in [0.25, 0.3) is 0 Å². The van der Waals surface area contributed by atoms with Gasteiger partial charge in [0.1, 0.15) is 12.0 Å². The van der Waals surface area contributed by atoms with Gasteiger partial charge in [-0.15, -0.1) is 0 Å². The second kappa shape index (κ2) is 9.90. The average molecular weight is 387 g/mol. The maximum absolute atomic E-state index is 11.2. The first-order valence-electron chi connectivity index (χ1n) is 9.20. The minimum absolute atomic E-state index is 0.473. The second-order valence-corrected chi connectivity index (χ2v) is 6.33. The molecule has 5 heteroatoms. The highest BCUT2D eigenvalue weighted by Crippen LogP contribution is 2.29. The lowest BCUT2D eigenvalue weighted by Crippen LogP contribution is -2.08. The van der Waals surface area contributed by atoms with Crippen LogP contribution in [0.2, 0.25) is 0 Å². The molecule has 3 aromatic rings. The predicted octanol–water partition coefficient (Wildman–Crippen LogP) is 5.74. The van der Waals surface area contributed by atoms with Gasteiger partial charge in [0.2, 0.25) is 0 Å². The molecular formula is C24H21NO4. The maximum Gasteiger partial charge on any atom is 0.409 e. The van der Waals surface area contributed by atoms with E-state index in [0.29, 0.717) is 30.0 Å².